The number of halogens is 3. The van der Waals surface area contributed by atoms with Crippen LogP contribution < -0.4 is 5.73 Å². The van der Waals surface area contributed by atoms with Crippen molar-refractivity contribution in [1.82, 2.24) is 4.90 Å². The van der Waals surface area contributed by atoms with E-state index in [-0.39, 0.29) is 25.4 Å². The molecular weight excluding hydrogens is 297 g/mol. The lowest BCUT2D eigenvalue weighted by Gasteiger charge is -2.49. The molecule has 0 bridgehead atoms. The molecule has 6 heteroatoms. The van der Waals surface area contributed by atoms with Gasteiger partial charge in [-0.2, -0.15) is 13.2 Å². The Labute approximate surface area is 128 Å². The Hall–Kier alpha value is -0.590. The molecule has 1 aliphatic carbocycles. The first-order valence-corrected chi connectivity index (χ1v) is 8.21. The Morgan fingerprint density at radius 3 is 2.76 bits per heavy atom. The molecule has 0 saturated heterocycles. The normalized spacial score (nSPS) is 28.8. The van der Waals surface area contributed by atoms with Crippen LogP contribution >= 0.6 is 11.3 Å². The van der Waals surface area contributed by atoms with Crippen molar-refractivity contribution >= 4 is 11.3 Å². The van der Waals surface area contributed by atoms with E-state index in [1.165, 1.54) is 4.88 Å². The highest BCUT2D eigenvalue weighted by molar-refractivity contribution is 7.10. The van der Waals surface area contributed by atoms with Crippen LogP contribution in [0.1, 0.15) is 43.5 Å². The molecular formula is C15H23F3N2S. The fourth-order valence-electron chi connectivity index (χ4n) is 3.40. The number of hydrogen-bond donors (Lipinski definition) is 1. The molecule has 1 aliphatic rings. The average Bonchev–Trinajstić information content (AvgIpc) is 2.99. The minimum atomic E-state index is -4.12. The zero-order valence-electron chi connectivity index (χ0n) is 12.5. The maximum Gasteiger partial charge on any atom is 0.391 e. The van der Waals surface area contributed by atoms with Gasteiger partial charge in [-0.05, 0) is 44.7 Å². The molecule has 0 radical (unpaired) electrons. The molecule has 2 N–H and O–H groups in total. The van der Waals surface area contributed by atoms with Gasteiger partial charge < -0.3 is 5.73 Å². The topological polar surface area (TPSA) is 29.3 Å². The van der Waals surface area contributed by atoms with Crippen LogP contribution in [-0.2, 0) is 0 Å². The number of alkyl halides is 3. The highest BCUT2D eigenvalue weighted by Gasteiger charge is 2.49. The minimum Gasteiger partial charge on any atom is -0.329 e. The number of hydrogen-bond acceptors (Lipinski definition) is 3. The average molecular weight is 320 g/mol. The summed E-state index contributed by atoms with van der Waals surface area (Å²) in [6.45, 7) is 2.31. The predicted molar refractivity (Wildman–Crippen MR) is 80.3 cm³/mol. The molecule has 1 heterocycles. The summed E-state index contributed by atoms with van der Waals surface area (Å²) in [6, 6.07) is 4.08. The Kier molecular flexibility index (Phi) is 5.00. The van der Waals surface area contributed by atoms with Gasteiger partial charge in [0.05, 0.1) is 5.92 Å². The van der Waals surface area contributed by atoms with Crippen molar-refractivity contribution in [2.24, 2.45) is 11.7 Å². The lowest BCUT2D eigenvalue weighted by atomic mass is 9.74. The van der Waals surface area contributed by atoms with E-state index in [0.29, 0.717) is 6.42 Å². The summed E-state index contributed by atoms with van der Waals surface area (Å²) in [4.78, 5) is 3.23. The van der Waals surface area contributed by atoms with E-state index in [0.717, 1.165) is 6.42 Å². The van der Waals surface area contributed by atoms with Crippen molar-refractivity contribution in [2.75, 3.05) is 13.6 Å². The lowest BCUT2D eigenvalue weighted by molar-refractivity contribution is -0.194. The van der Waals surface area contributed by atoms with Crippen LogP contribution in [0.4, 0.5) is 13.2 Å². The van der Waals surface area contributed by atoms with Crippen LogP contribution in [0, 0.1) is 5.92 Å². The van der Waals surface area contributed by atoms with Gasteiger partial charge >= 0.3 is 6.18 Å². The number of nitrogens with two attached hydrogens (primary N) is 1. The summed E-state index contributed by atoms with van der Waals surface area (Å²) < 4.78 is 39.3. The molecule has 1 aromatic heterocycles. The summed E-state index contributed by atoms with van der Waals surface area (Å²) in [5.41, 5.74) is 5.38. The molecule has 0 aliphatic heterocycles. The molecule has 1 saturated carbocycles. The molecule has 3 unspecified atom stereocenters. The fraction of sp³-hybridized carbons (Fsp3) is 0.733. The molecule has 2 nitrogen and oxygen atoms in total. The first-order valence-electron chi connectivity index (χ1n) is 7.33. The smallest absolute Gasteiger partial charge is 0.329 e. The quantitative estimate of drug-likeness (QED) is 0.901. The summed E-state index contributed by atoms with van der Waals surface area (Å²) in [5.74, 6) is -1.23. The van der Waals surface area contributed by atoms with E-state index in [1.807, 2.05) is 31.5 Å². The van der Waals surface area contributed by atoms with Gasteiger partial charge in [0.2, 0.25) is 0 Å². The van der Waals surface area contributed by atoms with Gasteiger partial charge in [0.25, 0.3) is 0 Å². The van der Waals surface area contributed by atoms with Crippen LogP contribution in [-0.4, -0.2) is 30.2 Å². The van der Waals surface area contributed by atoms with Crippen molar-refractivity contribution in [3.8, 4) is 0 Å². The van der Waals surface area contributed by atoms with Gasteiger partial charge in [-0.1, -0.05) is 12.5 Å². The summed E-state index contributed by atoms with van der Waals surface area (Å²) in [7, 11) is 1.91. The van der Waals surface area contributed by atoms with E-state index in [1.54, 1.807) is 11.3 Å². The molecule has 1 fully saturated rings. The third-order valence-corrected chi connectivity index (χ3v) is 5.99. The standard InChI is InChI=1S/C15H23F3N2S/c1-11(13-6-4-8-21-13)20(2)14(10-19)7-3-5-12(9-14)15(16,17)18/h4,6,8,11-12H,3,5,7,9-10,19H2,1-2H3. The second kappa shape index (κ2) is 6.26. The third-order valence-electron chi connectivity index (χ3n) is 4.95. The van der Waals surface area contributed by atoms with Crippen molar-refractivity contribution in [1.29, 1.82) is 0 Å². The first kappa shape index (κ1) is 16.8. The SMILES string of the molecule is CC(c1cccs1)N(C)C1(CN)CCCC(C(F)(F)F)C1. The van der Waals surface area contributed by atoms with Gasteiger partial charge in [0.15, 0.2) is 0 Å². The van der Waals surface area contributed by atoms with Crippen LogP contribution in [0.2, 0.25) is 0 Å². The van der Waals surface area contributed by atoms with E-state index < -0.39 is 17.6 Å². The Bertz CT molecular complexity index is 446. The van der Waals surface area contributed by atoms with Gasteiger partial charge in [0.1, 0.15) is 0 Å². The monoisotopic (exact) mass is 320 g/mol. The molecule has 1 aromatic rings. The maximum absolute atomic E-state index is 13.1. The van der Waals surface area contributed by atoms with Gasteiger partial charge in [-0.25, -0.2) is 0 Å². The van der Waals surface area contributed by atoms with Crippen LogP contribution in [0.25, 0.3) is 0 Å². The highest BCUT2D eigenvalue weighted by atomic mass is 32.1. The van der Waals surface area contributed by atoms with Crippen molar-refractivity contribution < 1.29 is 13.2 Å². The highest BCUT2D eigenvalue weighted by Crippen LogP contribution is 2.45. The van der Waals surface area contributed by atoms with Crippen molar-refractivity contribution in [2.45, 2.75) is 50.4 Å². The van der Waals surface area contributed by atoms with Crippen LogP contribution in [0.5, 0.6) is 0 Å². The molecule has 21 heavy (non-hydrogen) atoms. The second-order valence-corrected chi connectivity index (χ2v) is 7.04. The summed E-state index contributed by atoms with van der Waals surface area (Å²) >= 11 is 1.63. The van der Waals surface area contributed by atoms with E-state index in [2.05, 4.69) is 4.90 Å². The number of thiophene rings is 1. The van der Waals surface area contributed by atoms with Gasteiger partial charge in [-0.15, -0.1) is 11.3 Å². The Balaban J connectivity index is 2.20. The van der Waals surface area contributed by atoms with Gasteiger partial charge in [0, 0.05) is 23.0 Å². The Morgan fingerprint density at radius 1 is 1.52 bits per heavy atom. The van der Waals surface area contributed by atoms with Crippen molar-refractivity contribution in [3.63, 3.8) is 0 Å². The van der Waals surface area contributed by atoms with Crippen molar-refractivity contribution in [3.05, 3.63) is 22.4 Å². The first-order chi connectivity index (χ1) is 9.80. The molecule has 0 amide bonds. The van der Waals surface area contributed by atoms with E-state index in [9.17, 15) is 13.2 Å². The van der Waals surface area contributed by atoms with Gasteiger partial charge in [-0.3, -0.25) is 4.90 Å². The summed E-state index contributed by atoms with van der Waals surface area (Å²) in [6.07, 6.45) is -2.45. The number of rotatable bonds is 4. The predicted octanol–water partition coefficient (Wildman–Crippen LogP) is 4.19. The third kappa shape index (κ3) is 3.43. The molecule has 2 rings (SSSR count). The zero-order chi connectivity index (χ0) is 15.7. The molecule has 0 spiro atoms. The minimum absolute atomic E-state index is 0.0838. The summed E-state index contributed by atoms with van der Waals surface area (Å²) in [5, 5.41) is 1.99. The second-order valence-electron chi connectivity index (χ2n) is 6.07. The van der Waals surface area contributed by atoms with E-state index >= 15 is 0 Å². The lowest BCUT2D eigenvalue weighted by Crippen LogP contribution is -2.56. The molecule has 120 valence electrons. The number of likely N-dealkylation sites (N-methyl/N-ethyl adjacent to an activating group) is 1. The number of nitrogens with zero attached hydrogens (tertiary/aromatic N) is 1. The maximum atomic E-state index is 13.1. The zero-order valence-corrected chi connectivity index (χ0v) is 13.3. The van der Waals surface area contributed by atoms with Crippen LogP contribution in [0.15, 0.2) is 17.5 Å². The fourth-order valence-corrected chi connectivity index (χ4v) is 4.23. The largest absolute Gasteiger partial charge is 0.391 e. The molecule has 3 atom stereocenters. The Morgan fingerprint density at radius 2 is 2.24 bits per heavy atom. The van der Waals surface area contributed by atoms with E-state index in [4.69, 9.17) is 5.73 Å². The molecule has 0 aromatic carbocycles. The van der Waals surface area contributed by atoms with Crippen LogP contribution in [0.3, 0.4) is 0 Å².